The summed E-state index contributed by atoms with van der Waals surface area (Å²) in [7, 11) is 2.81. The number of thiophene rings is 1. The molecule has 9 heteroatoms. The first kappa shape index (κ1) is 19.3. The third-order valence-corrected chi connectivity index (χ3v) is 6.30. The molecule has 2 N–H and O–H groups in total. The molecular formula is C18H24N3O5S+. The number of aromatic nitrogens is 2. The molecule has 0 spiro atoms. The minimum Gasteiger partial charge on any atom is -0.465 e. The lowest BCUT2D eigenvalue weighted by atomic mass is 9.72. The predicted octanol–water partition coefficient (Wildman–Crippen LogP) is 2.04. The number of rotatable bonds is 3. The van der Waals surface area contributed by atoms with Crippen molar-refractivity contribution in [2.45, 2.75) is 40.0 Å². The fraction of sp³-hybridized carbons (Fsp3) is 0.556. The van der Waals surface area contributed by atoms with Crippen LogP contribution >= 0.6 is 11.3 Å². The minimum absolute atomic E-state index is 0.161. The highest BCUT2D eigenvalue weighted by molar-refractivity contribution is 7.17. The Bertz CT molecular complexity index is 947. The van der Waals surface area contributed by atoms with Crippen molar-refractivity contribution in [3.63, 3.8) is 0 Å². The molecule has 3 rings (SSSR count). The van der Waals surface area contributed by atoms with Gasteiger partial charge in [-0.15, -0.1) is 11.3 Å². The third-order valence-electron chi connectivity index (χ3n) is 5.13. The molecule has 0 saturated carbocycles. The topological polar surface area (TPSA) is 105 Å². The van der Waals surface area contributed by atoms with Crippen LogP contribution in [0.2, 0.25) is 0 Å². The molecule has 1 atom stereocenters. The van der Waals surface area contributed by atoms with Crippen LogP contribution in [0.25, 0.3) is 0 Å². The van der Waals surface area contributed by atoms with Crippen molar-refractivity contribution < 1.29 is 23.5 Å². The molecule has 0 bridgehead atoms. The van der Waals surface area contributed by atoms with Crippen molar-refractivity contribution in [1.82, 2.24) is 5.27 Å². The fourth-order valence-electron chi connectivity index (χ4n) is 3.48. The second kappa shape index (κ2) is 6.95. The lowest BCUT2D eigenvalue weighted by Crippen LogP contribution is -2.41. The Balaban J connectivity index is 1.98. The van der Waals surface area contributed by atoms with E-state index in [-0.39, 0.29) is 11.1 Å². The van der Waals surface area contributed by atoms with Gasteiger partial charge in [-0.1, -0.05) is 25.5 Å². The molecule has 1 amide bonds. The van der Waals surface area contributed by atoms with E-state index in [2.05, 4.69) is 35.9 Å². The number of carbonyl (C=O) groups excluding carboxylic acids is 2. The Morgan fingerprint density at radius 2 is 2.07 bits per heavy atom. The van der Waals surface area contributed by atoms with Gasteiger partial charge in [0.1, 0.15) is 5.00 Å². The molecule has 27 heavy (non-hydrogen) atoms. The molecule has 1 aliphatic rings. The van der Waals surface area contributed by atoms with Crippen LogP contribution in [0.3, 0.4) is 0 Å². The summed E-state index contributed by atoms with van der Waals surface area (Å²) >= 11 is 1.38. The highest BCUT2D eigenvalue weighted by Gasteiger charge is 2.35. The second-order valence-electron chi connectivity index (χ2n) is 7.85. The molecule has 2 aromatic rings. The van der Waals surface area contributed by atoms with Gasteiger partial charge in [0.05, 0.1) is 12.7 Å². The Hall–Kier alpha value is -2.42. The summed E-state index contributed by atoms with van der Waals surface area (Å²) in [4.78, 5) is 37.8. The first-order chi connectivity index (χ1) is 12.6. The standard InChI is InChI=1S/C18H23N3O5S/c1-18(2,3)9-6-7-10-11(8-9)27-15(12(10)16(23)25-5)19-14(22)13-17(24)26-20-21(13)4/h9H,6-8H2,1-5H3,(H-,19,20,22,23,24)/p+1. The number of nitrogens with zero attached hydrogens (tertiary/aromatic N) is 1. The van der Waals surface area contributed by atoms with Gasteiger partial charge < -0.3 is 10.1 Å². The van der Waals surface area contributed by atoms with Crippen LogP contribution in [0.15, 0.2) is 9.32 Å². The van der Waals surface area contributed by atoms with Crippen molar-refractivity contribution in [1.29, 1.82) is 0 Å². The summed E-state index contributed by atoms with van der Waals surface area (Å²) in [5, 5.41) is 5.41. The van der Waals surface area contributed by atoms with Crippen molar-refractivity contribution >= 4 is 28.2 Å². The first-order valence-electron chi connectivity index (χ1n) is 8.75. The predicted molar refractivity (Wildman–Crippen MR) is 99.1 cm³/mol. The minimum atomic E-state index is -0.774. The number of fused-ring (bicyclic) bond motifs is 1. The zero-order valence-electron chi connectivity index (χ0n) is 16.1. The molecule has 0 aromatic carbocycles. The van der Waals surface area contributed by atoms with Crippen LogP contribution < -0.4 is 15.6 Å². The zero-order valence-corrected chi connectivity index (χ0v) is 16.9. The summed E-state index contributed by atoms with van der Waals surface area (Å²) in [5.41, 5.74) is 0.538. The SMILES string of the molecule is COC(=O)c1c(NC(=O)c2c(=O)o[nH][n+]2C)sc2c1CCC(C(C)(C)C)C2. The lowest BCUT2D eigenvalue weighted by Gasteiger charge is -2.33. The molecule has 8 nitrogen and oxygen atoms in total. The van der Waals surface area contributed by atoms with E-state index in [1.54, 1.807) is 0 Å². The molecule has 0 fully saturated rings. The third kappa shape index (κ3) is 3.55. The average molecular weight is 394 g/mol. The van der Waals surface area contributed by atoms with Crippen LogP contribution in [-0.2, 0) is 24.6 Å². The van der Waals surface area contributed by atoms with Crippen molar-refractivity contribution in [3.05, 3.63) is 32.1 Å². The number of aryl methyl sites for hydroxylation is 1. The summed E-state index contributed by atoms with van der Waals surface area (Å²) in [5.74, 6) is -0.627. The van der Waals surface area contributed by atoms with Crippen molar-refractivity contribution in [2.75, 3.05) is 12.4 Å². The number of hydrogen-bond donors (Lipinski definition) is 2. The van der Waals surface area contributed by atoms with E-state index in [0.717, 1.165) is 29.7 Å². The Morgan fingerprint density at radius 1 is 1.37 bits per heavy atom. The van der Waals surface area contributed by atoms with Gasteiger partial charge in [-0.05, 0) is 41.4 Å². The second-order valence-corrected chi connectivity index (χ2v) is 8.95. The molecular weight excluding hydrogens is 370 g/mol. The van der Waals surface area contributed by atoms with E-state index in [9.17, 15) is 14.4 Å². The maximum Gasteiger partial charge on any atom is 0.440 e. The van der Waals surface area contributed by atoms with Crippen LogP contribution in [0.4, 0.5) is 5.00 Å². The quantitative estimate of drug-likeness (QED) is 0.612. The van der Waals surface area contributed by atoms with Gasteiger partial charge in [0.25, 0.3) is 0 Å². The zero-order chi connectivity index (χ0) is 19.9. The average Bonchev–Trinajstić information content (AvgIpc) is 3.11. The molecule has 1 unspecified atom stereocenters. The number of ether oxygens (including phenoxy) is 1. The Kier molecular flexibility index (Phi) is 4.98. The van der Waals surface area contributed by atoms with Crippen LogP contribution in [-0.4, -0.2) is 24.3 Å². The van der Waals surface area contributed by atoms with Gasteiger partial charge in [0.2, 0.25) is 0 Å². The molecule has 0 saturated heterocycles. The molecule has 1 aliphatic carbocycles. The van der Waals surface area contributed by atoms with E-state index < -0.39 is 17.5 Å². The normalized spacial score (nSPS) is 16.7. The molecule has 146 valence electrons. The highest BCUT2D eigenvalue weighted by Crippen LogP contribution is 2.44. The molecule has 2 aromatic heterocycles. The smallest absolute Gasteiger partial charge is 0.440 e. The summed E-state index contributed by atoms with van der Waals surface area (Å²) in [6.07, 6.45) is 2.58. The number of methoxy groups -OCH3 is 1. The van der Waals surface area contributed by atoms with Gasteiger partial charge in [-0.2, -0.15) is 0 Å². The number of esters is 1. The lowest BCUT2D eigenvalue weighted by molar-refractivity contribution is -0.741. The summed E-state index contributed by atoms with van der Waals surface area (Å²) < 4.78 is 10.8. The number of H-pyrrole nitrogens is 1. The van der Waals surface area contributed by atoms with Crippen LogP contribution in [0.1, 0.15) is 58.5 Å². The Labute approximate surface area is 160 Å². The van der Waals surface area contributed by atoms with Crippen molar-refractivity contribution in [3.8, 4) is 0 Å². The van der Waals surface area contributed by atoms with E-state index in [1.807, 2.05) is 0 Å². The summed E-state index contributed by atoms with van der Waals surface area (Å²) in [6, 6.07) is 0. The van der Waals surface area contributed by atoms with E-state index >= 15 is 0 Å². The van der Waals surface area contributed by atoms with E-state index in [4.69, 9.17) is 4.74 Å². The number of aromatic amines is 1. The van der Waals surface area contributed by atoms with Gasteiger partial charge in [-0.3, -0.25) is 9.32 Å². The highest BCUT2D eigenvalue weighted by atomic mass is 32.1. The van der Waals surface area contributed by atoms with Gasteiger partial charge in [-0.25, -0.2) is 9.59 Å². The van der Waals surface area contributed by atoms with Crippen LogP contribution in [0.5, 0.6) is 0 Å². The van der Waals surface area contributed by atoms with Crippen LogP contribution in [0, 0.1) is 11.3 Å². The van der Waals surface area contributed by atoms with Gasteiger partial charge >= 0.3 is 23.2 Å². The molecule has 0 aliphatic heterocycles. The first-order valence-corrected chi connectivity index (χ1v) is 9.56. The molecule has 0 radical (unpaired) electrons. The monoisotopic (exact) mass is 394 g/mol. The number of carbonyl (C=O) groups is 2. The largest absolute Gasteiger partial charge is 0.465 e. The number of amides is 1. The maximum atomic E-state index is 12.6. The maximum absolute atomic E-state index is 12.6. The van der Waals surface area contributed by atoms with Crippen molar-refractivity contribution in [2.24, 2.45) is 18.4 Å². The Morgan fingerprint density at radius 3 is 2.63 bits per heavy atom. The molecule has 2 heterocycles. The summed E-state index contributed by atoms with van der Waals surface area (Å²) in [6.45, 7) is 6.64. The fourth-order valence-corrected chi connectivity index (χ4v) is 4.79. The number of nitrogens with one attached hydrogen (secondary N) is 2. The van der Waals surface area contributed by atoms with Gasteiger partial charge in [0.15, 0.2) is 7.05 Å². The number of hydrogen-bond acceptors (Lipinski definition) is 6. The van der Waals surface area contributed by atoms with E-state index in [0.29, 0.717) is 16.5 Å². The van der Waals surface area contributed by atoms with E-state index in [1.165, 1.54) is 30.2 Å². The van der Waals surface area contributed by atoms with Gasteiger partial charge in [0, 0.05) is 4.88 Å². The number of anilines is 1.